The van der Waals surface area contributed by atoms with E-state index in [2.05, 4.69) is 15.3 Å². The number of aromatic nitrogens is 5. The summed E-state index contributed by atoms with van der Waals surface area (Å²) < 4.78 is 15.4. The van der Waals surface area contributed by atoms with Gasteiger partial charge >= 0.3 is 0 Å². The van der Waals surface area contributed by atoms with Crippen LogP contribution in [0.25, 0.3) is 11.0 Å². The number of halogens is 1. The largest absolute Gasteiger partial charge is 0.342 e. The number of hydrogen-bond acceptors (Lipinski definition) is 4. The highest BCUT2D eigenvalue weighted by molar-refractivity contribution is 5.92. The van der Waals surface area contributed by atoms with E-state index in [0.717, 1.165) is 29.7 Å². The van der Waals surface area contributed by atoms with Gasteiger partial charge in [-0.1, -0.05) is 35.5 Å². The molecule has 1 amide bonds. The maximum Gasteiger partial charge on any atom is 0.276 e. The molecule has 1 fully saturated rings. The van der Waals surface area contributed by atoms with E-state index in [4.69, 9.17) is 4.98 Å². The Hall–Kier alpha value is -3.55. The van der Waals surface area contributed by atoms with E-state index >= 15 is 0 Å². The maximum absolute atomic E-state index is 13.9. The molecule has 30 heavy (non-hydrogen) atoms. The normalized spacial score (nSPS) is 16.8. The second-order valence-electron chi connectivity index (χ2n) is 7.62. The standard InChI is InChI=1S/C22H21FN6O/c23-17-8-2-1-6-15(17)13-29-14-20(26-27-29)22(30)28-11-5-7-16(12-28)21-24-18-9-3-4-10-19(18)25-21/h1-4,6,8-10,14,16H,5,7,11-13H2,(H,24,25). The van der Waals surface area contributed by atoms with Crippen molar-refractivity contribution in [1.29, 1.82) is 0 Å². The van der Waals surface area contributed by atoms with Gasteiger partial charge in [-0.15, -0.1) is 5.10 Å². The zero-order chi connectivity index (χ0) is 20.5. The van der Waals surface area contributed by atoms with E-state index in [1.807, 2.05) is 24.3 Å². The molecule has 1 saturated heterocycles. The third-order valence-corrected chi connectivity index (χ3v) is 5.55. The van der Waals surface area contributed by atoms with E-state index < -0.39 is 0 Å². The SMILES string of the molecule is O=C(c1cn(Cc2ccccc2F)nn1)N1CCCC(c2nc3ccccc3[nH]2)C1. The summed E-state index contributed by atoms with van der Waals surface area (Å²) >= 11 is 0. The molecule has 4 aromatic rings. The number of nitrogens with zero attached hydrogens (tertiary/aromatic N) is 5. The Morgan fingerprint density at radius 1 is 1.17 bits per heavy atom. The fourth-order valence-electron chi connectivity index (χ4n) is 3.99. The summed E-state index contributed by atoms with van der Waals surface area (Å²) in [5.74, 6) is 0.613. The third-order valence-electron chi connectivity index (χ3n) is 5.55. The number of para-hydroxylation sites is 2. The number of aromatic amines is 1. The molecule has 0 spiro atoms. The number of nitrogens with one attached hydrogen (secondary N) is 1. The van der Waals surface area contributed by atoms with Crippen LogP contribution < -0.4 is 0 Å². The summed E-state index contributed by atoms with van der Waals surface area (Å²) in [4.78, 5) is 22.9. The molecule has 1 unspecified atom stereocenters. The van der Waals surface area contributed by atoms with Crippen LogP contribution in [0.5, 0.6) is 0 Å². The second kappa shape index (κ2) is 7.70. The Labute approximate surface area is 172 Å². The molecule has 8 heteroatoms. The van der Waals surface area contributed by atoms with Crippen molar-refractivity contribution in [3.05, 3.63) is 77.6 Å². The molecular weight excluding hydrogens is 383 g/mol. The van der Waals surface area contributed by atoms with Crippen LogP contribution in [-0.4, -0.2) is 48.9 Å². The van der Waals surface area contributed by atoms with Crippen molar-refractivity contribution in [1.82, 2.24) is 29.9 Å². The van der Waals surface area contributed by atoms with E-state index in [1.165, 1.54) is 10.7 Å². The number of amides is 1. The zero-order valence-corrected chi connectivity index (χ0v) is 16.3. The Balaban J connectivity index is 1.30. The van der Waals surface area contributed by atoms with Crippen molar-refractivity contribution in [3.63, 3.8) is 0 Å². The Bertz CT molecular complexity index is 1170. The number of carbonyl (C=O) groups is 1. The van der Waals surface area contributed by atoms with Crippen LogP contribution in [-0.2, 0) is 6.54 Å². The van der Waals surface area contributed by atoms with Gasteiger partial charge in [-0.25, -0.2) is 14.1 Å². The quantitative estimate of drug-likeness (QED) is 0.566. The average Bonchev–Trinajstić information content (AvgIpc) is 3.42. The van der Waals surface area contributed by atoms with Crippen molar-refractivity contribution in [2.75, 3.05) is 13.1 Å². The molecule has 1 N–H and O–H groups in total. The minimum absolute atomic E-state index is 0.156. The van der Waals surface area contributed by atoms with Crippen LogP contribution in [0.2, 0.25) is 0 Å². The van der Waals surface area contributed by atoms with Crippen molar-refractivity contribution in [2.24, 2.45) is 0 Å². The summed E-state index contributed by atoms with van der Waals surface area (Å²) in [5, 5.41) is 8.03. The lowest BCUT2D eigenvalue weighted by atomic mass is 9.97. The number of fused-ring (bicyclic) bond motifs is 1. The van der Waals surface area contributed by atoms with Gasteiger partial charge in [0.2, 0.25) is 0 Å². The Kier molecular flexibility index (Phi) is 4.74. The van der Waals surface area contributed by atoms with Crippen LogP contribution in [0.15, 0.2) is 54.7 Å². The number of piperidine rings is 1. The third kappa shape index (κ3) is 3.56. The Morgan fingerprint density at radius 3 is 2.87 bits per heavy atom. The fraction of sp³-hybridized carbons (Fsp3) is 0.273. The molecule has 2 aromatic carbocycles. The van der Waals surface area contributed by atoms with Crippen LogP contribution in [0.3, 0.4) is 0 Å². The second-order valence-corrected chi connectivity index (χ2v) is 7.62. The molecular formula is C22H21FN6O. The summed E-state index contributed by atoms with van der Waals surface area (Å²) in [6.45, 7) is 1.49. The van der Waals surface area contributed by atoms with E-state index in [9.17, 15) is 9.18 Å². The molecule has 3 heterocycles. The minimum Gasteiger partial charge on any atom is -0.342 e. The molecule has 0 saturated carbocycles. The highest BCUT2D eigenvalue weighted by atomic mass is 19.1. The Morgan fingerprint density at radius 2 is 2.00 bits per heavy atom. The number of hydrogen-bond donors (Lipinski definition) is 1. The van der Waals surface area contributed by atoms with Gasteiger partial charge in [-0.2, -0.15) is 0 Å². The fourth-order valence-corrected chi connectivity index (χ4v) is 3.99. The number of carbonyl (C=O) groups excluding carboxylic acids is 1. The molecule has 0 radical (unpaired) electrons. The van der Waals surface area contributed by atoms with Crippen LogP contribution in [0.1, 0.15) is 40.6 Å². The lowest BCUT2D eigenvalue weighted by molar-refractivity contribution is 0.0699. The summed E-state index contributed by atoms with van der Waals surface area (Å²) in [6.07, 6.45) is 3.46. The van der Waals surface area contributed by atoms with Crippen molar-refractivity contribution in [3.8, 4) is 0 Å². The minimum atomic E-state index is -0.300. The lowest BCUT2D eigenvalue weighted by Crippen LogP contribution is -2.39. The van der Waals surface area contributed by atoms with Gasteiger partial charge in [0.1, 0.15) is 11.6 Å². The summed E-state index contributed by atoms with van der Waals surface area (Å²) in [5.41, 5.74) is 2.72. The first kappa shape index (κ1) is 18.5. The van der Waals surface area contributed by atoms with Crippen molar-refractivity contribution in [2.45, 2.75) is 25.3 Å². The highest BCUT2D eigenvalue weighted by Gasteiger charge is 2.28. The van der Waals surface area contributed by atoms with Crippen molar-refractivity contribution < 1.29 is 9.18 Å². The summed E-state index contributed by atoms with van der Waals surface area (Å²) in [6, 6.07) is 14.4. The molecule has 7 nitrogen and oxygen atoms in total. The average molecular weight is 404 g/mol. The molecule has 5 rings (SSSR count). The number of benzene rings is 2. The smallest absolute Gasteiger partial charge is 0.276 e. The first-order chi connectivity index (χ1) is 14.7. The van der Waals surface area contributed by atoms with E-state index in [1.54, 1.807) is 29.3 Å². The number of likely N-dealkylation sites (tertiary alicyclic amines) is 1. The van der Waals surface area contributed by atoms with Crippen LogP contribution in [0, 0.1) is 5.82 Å². The van der Waals surface area contributed by atoms with Gasteiger partial charge in [0.15, 0.2) is 5.69 Å². The van der Waals surface area contributed by atoms with Gasteiger partial charge in [0, 0.05) is 24.6 Å². The predicted molar refractivity (Wildman–Crippen MR) is 109 cm³/mol. The molecule has 0 bridgehead atoms. The van der Waals surface area contributed by atoms with E-state index in [0.29, 0.717) is 18.7 Å². The topological polar surface area (TPSA) is 79.7 Å². The molecule has 1 atom stereocenters. The molecule has 152 valence electrons. The molecule has 1 aliphatic heterocycles. The zero-order valence-electron chi connectivity index (χ0n) is 16.3. The van der Waals surface area contributed by atoms with Gasteiger partial charge in [-0.05, 0) is 31.0 Å². The number of H-pyrrole nitrogens is 1. The number of rotatable bonds is 4. The van der Waals surface area contributed by atoms with Crippen LogP contribution >= 0.6 is 0 Å². The summed E-state index contributed by atoms with van der Waals surface area (Å²) in [7, 11) is 0. The molecule has 0 aliphatic carbocycles. The lowest BCUT2D eigenvalue weighted by Gasteiger charge is -2.31. The molecule has 2 aromatic heterocycles. The van der Waals surface area contributed by atoms with Gasteiger partial charge in [-0.3, -0.25) is 4.79 Å². The monoisotopic (exact) mass is 404 g/mol. The van der Waals surface area contributed by atoms with Gasteiger partial charge < -0.3 is 9.88 Å². The first-order valence-corrected chi connectivity index (χ1v) is 10.0. The first-order valence-electron chi connectivity index (χ1n) is 10.0. The maximum atomic E-state index is 13.9. The van der Waals surface area contributed by atoms with Gasteiger partial charge in [0.05, 0.1) is 23.8 Å². The van der Waals surface area contributed by atoms with Crippen LogP contribution in [0.4, 0.5) is 4.39 Å². The van der Waals surface area contributed by atoms with Gasteiger partial charge in [0.25, 0.3) is 5.91 Å². The van der Waals surface area contributed by atoms with Crippen molar-refractivity contribution >= 4 is 16.9 Å². The molecule has 1 aliphatic rings. The van der Waals surface area contributed by atoms with E-state index in [-0.39, 0.29) is 29.9 Å². The number of imidazole rings is 1. The highest BCUT2D eigenvalue weighted by Crippen LogP contribution is 2.27. The predicted octanol–water partition coefficient (Wildman–Crippen LogP) is 3.36.